The van der Waals surface area contributed by atoms with Gasteiger partial charge in [-0.15, -0.1) is 0 Å². The Labute approximate surface area is 241 Å². The molecule has 42 heavy (non-hydrogen) atoms. The fourth-order valence-electron chi connectivity index (χ4n) is 5.47. The van der Waals surface area contributed by atoms with E-state index >= 15 is 0 Å². The van der Waals surface area contributed by atoms with E-state index in [1.165, 1.54) is 0 Å². The van der Waals surface area contributed by atoms with E-state index in [0.29, 0.717) is 0 Å². The lowest BCUT2D eigenvalue weighted by Gasteiger charge is -2.14. The van der Waals surface area contributed by atoms with Crippen molar-refractivity contribution in [1.29, 1.82) is 0 Å². The van der Waals surface area contributed by atoms with Gasteiger partial charge in [0.1, 0.15) is 0 Å². The van der Waals surface area contributed by atoms with Crippen molar-refractivity contribution in [2.24, 2.45) is 0 Å². The van der Waals surface area contributed by atoms with Gasteiger partial charge < -0.3 is 0 Å². The second kappa shape index (κ2) is 9.94. The predicted octanol–water partition coefficient (Wildman–Crippen LogP) is 8.18. The molecule has 6 aromatic heterocycles. The van der Waals surface area contributed by atoms with Crippen LogP contribution in [0.2, 0.25) is 0 Å². The van der Waals surface area contributed by atoms with Crippen LogP contribution in [0.5, 0.6) is 0 Å². The molecule has 0 saturated carbocycles. The molecule has 0 unspecified atom stereocenters. The van der Waals surface area contributed by atoms with Crippen LogP contribution in [-0.2, 0) is 0 Å². The molecule has 0 N–H and O–H groups in total. The first kappa shape index (κ1) is 24.0. The van der Waals surface area contributed by atoms with Crippen molar-refractivity contribution in [3.05, 3.63) is 134 Å². The molecule has 0 bridgehead atoms. The Morgan fingerprint density at radius 2 is 1.05 bits per heavy atom. The second-order valence-corrected chi connectivity index (χ2v) is 10.0. The zero-order chi connectivity index (χ0) is 27.9. The number of hydrogen-bond acceptors (Lipinski definition) is 6. The summed E-state index contributed by atoms with van der Waals surface area (Å²) in [6.07, 6.45) is 5.38. The van der Waals surface area contributed by atoms with Gasteiger partial charge >= 0.3 is 0 Å². The first-order valence-electron chi connectivity index (χ1n) is 13.7. The minimum Gasteiger partial charge on any atom is -0.255 e. The van der Waals surface area contributed by atoms with Gasteiger partial charge in [-0.25, -0.2) is 15.0 Å². The number of benzene rings is 2. The lowest BCUT2D eigenvalue weighted by atomic mass is 9.97. The highest BCUT2D eigenvalue weighted by Crippen LogP contribution is 2.37. The Bertz CT molecular complexity index is 2190. The van der Waals surface area contributed by atoms with Crippen LogP contribution in [0.15, 0.2) is 134 Å². The van der Waals surface area contributed by atoms with Crippen LogP contribution in [0.25, 0.3) is 78.0 Å². The van der Waals surface area contributed by atoms with Gasteiger partial charge in [-0.05, 0) is 60.7 Å². The van der Waals surface area contributed by atoms with Gasteiger partial charge in [0, 0.05) is 45.9 Å². The van der Waals surface area contributed by atoms with Crippen molar-refractivity contribution in [2.75, 3.05) is 0 Å². The minimum absolute atomic E-state index is 0.762. The van der Waals surface area contributed by atoms with Gasteiger partial charge in [0.05, 0.1) is 50.7 Å². The Morgan fingerprint density at radius 1 is 0.381 bits per heavy atom. The van der Waals surface area contributed by atoms with Gasteiger partial charge in [0.15, 0.2) is 0 Å². The largest absolute Gasteiger partial charge is 0.255 e. The van der Waals surface area contributed by atoms with Crippen LogP contribution in [-0.4, -0.2) is 29.9 Å². The number of fused-ring (bicyclic) bond motifs is 4. The lowest BCUT2D eigenvalue weighted by Crippen LogP contribution is -1.96. The quantitative estimate of drug-likeness (QED) is 0.166. The maximum absolute atomic E-state index is 5.25. The number of hydrogen-bond donors (Lipinski definition) is 0. The Hall–Kier alpha value is -5.88. The van der Waals surface area contributed by atoms with Crippen molar-refractivity contribution in [1.82, 2.24) is 29.9 Å². The Balaban J connectivity index is 1.37. The zero-order valence-corrected chi connectivity index (χ0v) is 22.4. The maximum atomic E-state index is 5.25. The molecule has 0 saturated heterocycles. The monoisotopic (exact) mass is 538 g/mol. The van der Waals surface area contributed by atoms with Gasteiger partial charge in [-0.1, -0.05) is 54.6 Å². The first-order chi connectivity index (χ1) is 20.8. The van der Waals surface area contributed by atoms with Crippen LogP contribution < -0.4 is 0 Å². The predicted molar refractivity (Wildman–Crippen MR) is 167 cm³/mol. The molecule has 6 heterocycles. The highest BCUT2D eigenvalue weighted by molar-refractivity contribution is 6.15. The molecule has 6 nitrogen and oxygen atoms in total. The molecule has 8 aromatic rings. The van der Waals surface area contributed by atoms with Gasteiger partial charge in [0.2, 0.25) is 0 Å². The summed E-state index contributed by atoms with van der Waals surface area (Å²) in [5, 5.41) is 3.12. The summed E-state index contributed by atoms with van der Waals surface area (Å²) in [5.74, 6) is 0. The van der Waals surface area contributed by atoms with E-state index in [0.717, 1.165) is 78.0 Å². The molecular formula is C36H22N6. The van der Waals surface area contributed by atoms with Crippen molar-refractivity contribution < 1.29 is 0 Å². The summed E-state index contributed by atoms with van der Waals surface area (Å²) < 4.78 is 0. The third kappa shape index (κ3) is 4.14. The molecule has 2 aromatic carbocycles. The molecule has 0 aliphatic rings. The van der Waals surface area contributed by atoms with Crippen LogP contribution in [0, 0.1) is 0 Å². The van der Waals surface area contributed by atoms with E-state index in [4.69, 9.17) is 19.9 Å². The first-order valence-corrected chi connectivity index (χ1v) is 13.7. The molecule has 8 rings (SSSR count). The van der Waals surface area contributed by atoms with Crippen LogP contribution >= 0.6 is 0 Å². The van der Waals surface area contributed by atoms with E-state index in [9.17, 15) is 0 Å². The number of pyridine rings is 6. The molecule has 0 aliphatic carbocycles. The zero-order valence-electron chi connectivity index (χ0n) is 22.4. The number of rotatable bonds is 4. The van der Waals surface area contributed by atoms with Crippen molar-refractivity contribution in [2.45, 2.75) is 0 Å². The Morgan fingerprint density at radius 3 is 1.81 bits per heavy atom. The summed E-state index contributed by atoms with van der Waals surface area (Å²) in [6, 6.07) is 38.4. The molecule has 0 atom stereocenters. The van der Waals surface area contributed by atoms with E-state index in [1.54, 1.807) is 12.4 Å². The summed E-state index contributed by atoms with van der Waals surface area (Å²) in [6.45, 7) is 0. The van der Waals surface area contributed by atoms with Crippen LogP contribution in [0.1, 0.15) is 0 Å². The lowest BCUT2D eigenvalue weighted by molar-refractivity contribution is 1.21. The topological polar surface area (TPSA) is 77.3 Å². The number of aromatic nitrogens is 6. The minimum atomic E-state index is 0.762. The van der Waals surface area contributed by atoms with E-state index in [2.05, 4.69) is 46.4 Å². The highest BCUT2D eigenvalue weighted by atomic mass is 14.8. The standard InChI is InChI=1S/C36H22N6/c1-2-11-28-25(10-1)34(26-17-16-23-9-8-20-39-35(23)36(26)42-28)31-15-7-14-27(40-31)24-21-32(29-12-3-5-18-37-29)41-33(22-24)30-13-4-6-19-38-30/h1-22H. The van der Waals surface area contributed by atoms with Crippen molar-refractivity contribution in [3.63, 3.8) is 0 Å². The van der Waals surface area contributed by atoms with Crippen molar-refractivity contribution in [3.8, 4) is 45.3 Å². The average Bonchev–Trinajstić information content (AvgIpc) is 3.08. The molecule has 196 valence electrons. The third-order valence-corrected chi connectivity index (χ3v) is 7.40. The second-order valence-electron chi connectivity index (χ2n) is 10.0. The van der Waals surface area contributed by atoms with Crippen LogP contribution in [0.3, 0.4) is 0 Å². The fraction of sp³-hybridized carbons (Fsp3) is 0. The average molecular weight is 539 g/mol. The normalized spacial score (nSPS) is 11.3. The van der Waals surface area contributed by atoms with Crippen LogP contribution in [0.4, 0.5) is 0 Å². The van der Waals surface area contributed by atoms with Gasteiger partial charge in [-0.3, -0.25) is 15.0 Å². The molecule has 0 fully saturated rings. The molecule has 0 spiro atoms. The number of nitrogens with zero attached hydrogens (tertiary/aromatic N) is 6. The Kier molecular flexibility index (Phi) is 5.67. The van der Waals surface area contributed by atoms with E-state index in [1.807, 2.05) is 85.1 Å². The molecular weight excluding hydrogens is 516 g/mol. The molecule has 0 radical (unpaired) electrons. The van der Waals surface area contributed by atoms with Crippen molar-refractivity contribution >= 4 is 32.7 Å². The number of para-hydroxylation sites is 1. The van der Waals surface area contributed by atoms with Gasteiger partial charge in [0.25, 0.3) is 0 Å². The summed E-state index contributed by atoms with van der Waals surface area (Å²) in [7, 11) is 0. The fourth-order valence-corrected chi connectivity index (χ4v) is 5.47. The van der Waals surface area contributed by atoms with E-state index in [-0.39, 0.29) is 0 Å². The molecule has 6 heteroatoms. The smallest absolute Gasteiger partial charge is 0.0979 e. The third-order valence-electron chi connectivity index (χ3n) is 7.40. The summed E-state index contributed by atoms with van der Waals surface area (Å²) >= 11 is 0. The summed E-state index contributed by atoms with van der Waals surface area (Å²) in [4.78, 5) is 29.0. The summed E-state index contributed by atoms with van der Waals surface area (Å²) in [5.41, 5.74) is 9.42. The molecule has 0 aliphatic heterocycles. The van der Waals surface area contributed by atoms with E-state index < -0.39 is 0 Å². The highest BCUT2D eigenvalue weighted by Gasteiger charge is 2.17. The maximum Gasteiger partial charge on any atom is 0.0979 e. The molecule has 0 amide bonds. The van der Waals surface area contributed by atoms with Gasteiger partial charge in [-0.2, -0.15) is 0 Å². The SMILES string of the molecule is c1ccc(-c2cc(-c3cccc(-c4c5ccccc5nc5c4ccc4cccnc45)n3)cc(-c3ccccn3)n2)nc1.